The molecule has 4 heterocycles. The molecule has 3 aromatic heterocycles. The molecule has 0 saturated carbocycles. The van der Waals surface area contributed by atoms with E-state index < -0.39 is 0 Å². The van der Waals surface area contributed by atoms with Crippen LogP contribution in [0.2, 0.25) is 0 Å². The van der Waals surface area contributed by atoms with Gasteiger partial charge in [-0.25, -0.2) is 0 Å². The Morgan fingerprint density at radius 3 is 2.79 bits per heavy atom. The zero-order valence-corrected chi connectivity index (χ0v) is 20.2. The summed E-state index contributed by atoms with van der Waals surface area (Å²) in [4.78, 5) is 34.1. The van der Waals surface area contributed by atoms with E-state index in [4.69, 9.17) is 4.74 Å². The number of likely N-dealkylation sites (tertiary alicyclic amines) is 1. The molecular weight excluding hydrogens is 448 g/mol. The predicted octanol–water partition coefficient (Wildman–Crippen LogP) is 3.88. The van der Waals surface area contributed by atoms with Crippen LogP contribution in [-0.4, -0.2) is 53.6 Å². The van der Waals surface area contributed by atoms with Crippen molar-refractivity contribution in [2.24, 2.45) is 0 Å². The number of ether oxygens (including phenoxy) is 1. The first-order chi connectivity index (χ1) is 16.6. The molecule has 1 fully saturated rings. The summed E-state index contributed by atoms with van der Waals surface area (Å²) in [6, 6.07) is 13.9. The molecule has 0 aliphatic carbocycles. The fourth-order valence-corrected chi connectivity index (χ4v) is 6.09. The van der Waals surface area contributed by atoms with Crippen molar-refractivity contribution >= 4 is 38.2 Å². The molecule has 1 aromatic carbocycles. The second kappa shape index (κ2) is 9.56. The minimum absolute atomic E-state index is 0.181. The highest BCUT2D eigenvalue weighted by Crippen LogP contribution is 2.39. The van der Waals surface area contributed by atoms with Gasteiger partial charge in [0.1, 0.15) is 10.3 Å². The fourth-order valence-electron chi connectivity index (χ4n) is 4.88. The monoisotopic (exact) mass is 476 g/mol. The number of hydrogen-bond donors (Lipinski definition) is 1. The summed E-state index contributed by atoms with van der Waals surface area (Å²) in [6.07, 6.45) is 5.00. The first kappa shape index (κ1) is 22.6. The van der Waals surface area contributed by atoms with E-state index in [9.17, 15) is 9.59 Å². The van der Waals surface area contributed by atoms with Gasteiger partial charge in [0.25, 0.3) is 11.5 Å². The van der Waals surface area contributed by atoms with E-state index in [1.807, 2.05) is 42.5 Å². The molecule has 0 spiro atoms. The van der Waals surface area contributed by atoms with Gasteiger partial charge in [-0.1, -0.05) is 24.3 Å². The van der Waals surface area contributed by atoms with Crippen LogP contribution < -0.4 is 15.6 Å². The summed E-state index contributed by atoms with van der Waals surface area (Å²) in [5, 5.41) is 4.42. The Labute approximate surface area is 202 Å². The van der Waals surface area contributed by atoms with Gasteiger partial charge in [-0.3, -0.25) is 14.6 Å². The average Bonchev–Trinajstić information content (AvgIpc) is 3.46. The number of carbonyl (C=O) groups excluding carboxylic acids is 1. The smallest absolute Gasteiger partial charge is 0.265 e. The lowest BCUT2D eigenvalue weighted by molar-refractivity contribution is 0.0952. The van der Waals surface area contributed by atoms with Gasteiger partial charge in [0.05, 0.1) is 29.6 Å². The number of thiophene rings is 1. The molecule has 0 radical (unpaired) electrons. The number of rotatable bonds is 7. The van der Waals surface area contributed by atoms with Gasteiger partial charge in [-0.2, -0.15) is 0 Å². The Hall–Kier alpha value is -3.23. The van der Waals surface area contributed by atoms with E-state index in [2.05, 4.69) is 22.2 Å². The molecule has 1 aliphatic heterocycles. The topological polar surface area (TPSA) is 76.5 Å². The molecule has 8 heteroatoms. The number of nitrogens with zero attached hydrogens (tertiary/aromatic N) is 3. The number of nitrogens with one attached hydrogen (secondary N) is 1. The summed E-state index contributed by atoms with van der Waals surface area (Å²) in [5.41, 5.74) is 1.42. The van der Waals surface area contributed by atoms with Crippen LogP contribution in [0, 0.1) is 0 Å². The molecule has 34 heavy (non-hydrogen) atoms. The summed E-state index contributed by atoms with van der Waals surface area (Å²) in [5.74, 6) is 0.152. The number of aromatic nitrogens is 2. The Bertz CT molecular complexity index is 1400. The zero-order chi connectivity index (χ0) is 23.7. The van der Waals surface area contributed by atoms with Gasteiger partial charge in [0, 0.05) is 24.2 Å². The van der Waals surface area contributed by atoms with E-state index in [0.717, 1.165) is 34.3 Å². The third kappa shape index (κ3) is 4.08. The Balaban J connectivity index is 1.54. The van der Waals surface area contributed by atoms with E-state index in [1.165, 1.54) is 31.3 Å². The molecule has 1 atom stereocenters. The van der Waals surface area contributed by atoms with Crippen molar-refractivity contribution in [1.29, 1.82) is 0 Å². The van der Waals surface area contributed by atoms with Crippen LogP contribution in [0.1, 0.15) is 34.6 Å². The van der Waals surface area contributed by atoms with Crippen molar-refractivity contribution in [3.05, 3.63) is 69.6 Å². The first-order valence-corrected chi connectivity index (χ1v) is 12.4. The van der Waals surface area contributed by atoms with Gasteiger partial charge in [-0.05, 0) is 51.1 Å². The highest BCUT2D eigenvalue weighted by Gasteiger charge is 2.26. The number of pyridine rings is 2. The minimum Gasteiger partial charge on any atom is -0.494 e. The molecule has 1 saturated heterocycles. The van der Waals surface area contributed by atoms with E-state index in [1.54, 1.807) is 10.8 Å². The average molecular weight is 477 g/mol. The van der Waals surface area contributed by atoms with Crippen LogP contribution in [0.3, 0.4) is 0 Å². The number of fused-ring (bicyclic) bond motifs is 3. The number of para-hydroxylation sites is 1. The standard InChI is InChI=1S/C26H28N4O3S/c1-29-15-7-9-18(29)12-14-28-25(31)24-22(33-2)21-23(34-24)19-10-3-4-11-20(19)30(26(21)32)16-17-8-5-6-13-27-17/h3-6,8,10-11,13,18H,7,9,12,14-16H2,1-2H3,(H,28,31). The van der Waals surface area contributed by atoms with Crippen LogP contribution in [-0.2, 0) is 6.54 Å². The lowest BCUT2D eigenvalue weighted by Gasteiger charge is -2.19. The number of benzene rings is 1. The van der Waals surface area contributed by atoms with Gasteiger partial charge in [-0.15, -0.1) is 11.3 Å². The Morgan fingerprint density at radius 2 is 2.06 bits per heavy atom. The van der Waals surface area contributed by atoms with Crippen molar-refractivity contribution < 1.29 is 9.53 Å². The Kier molecular flexibility index (Phi) is 6.34. The summed E-state index contributed by atoms with van der Waals surface area (Å²) in [6.45, 7) is 2.04. The Morgan fingerprint density at radius 1 is 1.24 bits per heavy atom. The summed E-state index contributed by atoms with van der Waals surface area (Å²) in [7, 11) is 3.65. The molecule has 1 N–H and O–H groups in total. The molecule has 0 bridgehead atoms. The lowest BCUT2D eigenvalue weighted by atomic mass is 10.1. The minimum atomic E-state index is -0.196. The van der Waals surface area contributed by atoms with Gasteiger partial charge in [0.15, 0.2) is 5.75 Å². The fraction of sp³-hybridized carbons (Fsp3) is 0.346. The second-order valence-electron chi connectivity index (χ2n) is 8.72. The van der Waals surface area contributed by atoms with Crippen molar-refractivity contribution in [3.8, 4) is 5.75 Å². The number of hydrogen-bond acceptors (Lipinski definition) is 6. The third-order valence-corrected chi connectivity index (χ3v) is 7.86. The maximum atomic E-state index is 13.7. The van der Waals surface area contributed by atoms with E-state index in [0.29, 0.717) is 35.1 Å². The normalized spacial score (nSPS) is 16.4. The third-order valence-electron chi connectivity index (χ3n) is 6.65. The maximum Gasteiger partial charge on any atom is 0.265 e. The second-order valence-corrected chi connectivity index (χ2v) is 9.74. The highest BCUT2D eigenvalue weighted by atomic mass is 32.1. The SMILES string of the molecule is COc1c(C(=O)NCCC2CCCN2C)sc2c1c(=O)n(Cc1ccccn1)c1ccccc21. The van der Waals surface area contributed by atoms with Crippen molar-refractivity contribution in [2.75, 3.05) is 27.2 Å². The van der Waals surface area contributed by atoms with Crippen LogP contribution in [0.4, 0.5) is 0 Å². The van der Waals surface area contributed by atoms with Crippen molar-refractivity contribution in [1.82, 2.24) is 19.8 Å². The van der Waals surface area contributed by atoms with Crippen LogP contribution in [0.25, 0.3) is 21.0 Å². The van der Waals surface area contributed by atoms with Crippen molar-refractivity contribution in [3.63, 3.8) is 0 Å². The molecule has 1 amide bonds. The molecule has 1 unspecified atom stereocenters. The van der Waals surface area contributed by atoms with Crippen LogP contribution in [0.15, 0.2) is 53.5 Å². The first-order valence-electron chi connectivity index (χ1n) is 11.6. The lowest BCUT2D eigenvalue weighted by Crippen LogP contribution is -2.31. The number of methoxy groups -OCH3 is 1. The molecule has 4 aromatic rings. The summed E-state index contributed by atoms with van der Waals surface area (Å²) >= 11 is 1.32. The molecule has 5 rings (SSSR count). The maximum absolute atomic E-state index is 13.7. The molecule has 1 aliphatic rings. The van der Waals surface area contributed by atoms with E-state index >= 15 is 0 Å². The summed E-state index contributed by atoms with van der Waals surface area (Å²) < 4.78 is 8.15. The van der Waals surface area contributed by atoms with E-state index in [-0.39, 0.29) is 11.5 Å². The molecule has 7 nitrogen and oxygen atoms in total. The van der Waals surface area contributed by atoms with Gasteiger partial charge < -0.3 is 19.5 Å². The predicted molar refractivity (Wildman–Crippen MR) is 136 cm³/mol. The van der Waals surface area contributed by atoms with Crippen LogP contribution >= 0.6 is 11.3 Å². The van der Waals surface area contributed by atoms with Crippen LogP contribution in [0.5, 0.6) is 5.75 Å². The number of carbonyl (C=O) groups is 1. The van der Waals surface area contributed by atoms with Gasteiger partial charge >= 0.3 is 0 Å². The largest absolute Gasteiger partial charge is 0.494 e. The zero-order valence-electron chi connectivity index (χ0n) is 19.4. The number of amides is 1. The van der Waals surface area contributed by atoms with Gasteiger partial charge in [0.2, 0.25) is 0 Å². The van der Waals surface area contributed by atoms with Crippen molar-refractivity contribution in [2.45, 2.75) is 31.8 Å². The quantitative estimate of drug-likeness (QED) is 0.438. The molecule has 176 valence electrons. The highest BCUT2D eigenvalue weighted by molar-refractivity contribution is 7.22. The molecular formula is C26H28N4O3S.